The zero-order valence-electron chi connectivity index (χ0n) is 15.0. The highest BCUT2D eigenvalue weighted by atomic mass is 32.1. The molecule has 3 heterocycles. The van der Waals surface area contributed by atoms with Crippen molar-refractivity contribution in [3.63, 3.8) is 0 Å². The van der Waals surface area contributed by atoms with Crippen LogP contribution in [0.5, 0.6) is 0 Å². The second kappa shape index (κ2) is 7.34. The molecule has 0 aliphatic heterocycles. The van der Waals surface area contributed by atoms with Gasteiger partial charge in [-0.3, -0.25) is 4.79 Å². The molecule has 0 aliphatic carbocycles. The summed E-state index contributed by atoms with van der Waals surface area (Å²) in [5.41, 5.74) is 1.47. The molecule has 0 amide bonds. The van der Waals surface area contributed by atoms with Crippen LogP contribution in [0.2, 0.25) is 0 Å². The predicted octanol–water partition coefficient (Wildman–Crippen LogP) is 3.63. The third kappa shape index (κ3) is 3.45. The number of nitrogens with zero attached hydrogens (tertiary/aromatic N) is 1. The first-order chi connectivity index (χ1) is 13.0. The van der Waals surface area contributed by atoms with E-state index in [0.717, 1.165) is 20.2 Å². The molecule has 0 saturated heterocycles. The average Bonchev–Trinajstić information content (AvgIpc) is 3.32. The van der Waals surface area contributed by atoms with Gasteiger partial charge in [0.05, 0.1) is 12.4 Å². The van der Waals surface area contributed by atoms with E-state index in [-0.39, 0.29) is 17.4 Å². The summed E-state index contributed by atoms with van der Waals surface area (Å²) in [7, 11) is 1.98. The van der Waals surface area contributed by atoms with E-state index < -0.39 is 0 Å². The molecule has 27 heavy (non-hydrogen) atoms. The van der Waals surface area contributed by atoms with Gasteiger partial charge in [0.25, 0.3) is 5.56 Å². The molecule has 0 bridgehead atoms. The standard InChI is InChI=1S/C20H18FN3OS2/c1-12(24(2)10-13-6-3-4-7-15(13)21)18-22-19(25)17-14(11-27-20(17)23-18)16-8-5-9-26-16/h3-9,11-12H,10H2,1-2H3,(H,22,23,25)/p+1/t12-/m1/s1. The molecule has 0 radical (unpaired) electrons. The van der Waals surface area contributed by atoms with Crippen LogP contribution in [-0.4, -0.2) is 17.0 Å². The Labute approximate surface area is 163 Å². The van der Waals surface area contributed by atoms with Gasteiger partial charge in [-0.05, 0) is 24.4 Å². The summed E-state index contributed by atoms with van der Waals surface area (Å²) >= 11 is 3.09. The second-order valence-corrected chi connectivity index (χ2v) is 8.40. The van der Waals surface area contributed by atoms with Crippen molar-refractivity contribution in [3.8, 4) is 10.4 Å². The van der Waals surface area contributed by atoms with Crippen LogP contribution < -0.4 is 10.5 Å². The monoisotopic (exact) mass is 400 g/mol. The lowest BCUT2D eigenvalue weighted by Gasteiger charge is -2.21. The van der Waals surface area contributed by atoms with E-state index >= 15 is 0 Å². The summed E-state index contributed by atoms with van der Waals surface area (Å²) in [6.45, 7) is 2.51. The van der Waals surface area contributed by atoms with E-state index in [4.69, 9.17) is 4.98 Å². The van der Waals surface area contributed by atoms with E-state index in [9.17, 15) is 9.18 Å². The Kier molecular flexibility index (Phi) is 4.90. The number of rotatable bonds is 5. The normalized spacial score (nSPS) is 13.7. The number of aromatic nitrogens is 2. The fourth-order valence-corrected chi connectivity index (χ4v) is 4.88. The third-order valence-electron chi connectivity index (χ3n) is 4.83. The molecule has 7 heteroatoms. The number of halogens is 1. The van der Waals surface area contributed by atoms with Crippen LogP contribution in [0.4, 0.5) is 4.39 Å². The van der Waals surface area contributed by atoms with E-state index in [1.165, 1.54) is 17.4 Å². The first-order valence-corrected chi connectivity index (χ1v) is 10.4. The maximum atomic E-state index is 13.9. The number of H-pyrrole nitrogens is 1. The minimum absolute atomic E-state index is 0.0750. The molecule has 0 spiro atoms. The van der Waals surface area contributed by atoms with Crippen molar-refractivity contribution in [3.05, 3.63) is 74.7 Å². The SMILES string of the molecule is C[C@H](c1nc2scc(-c3cccs3)c2c(=O)[nH]1)[NH+](C)Cc1ccccc1F. The Balaban J connectivity index is 1.66. The lowest BCUT2D eigenvalue weighted by molar-refractivity contribution is -0.924. The van der Waals surface area contributed by atoms with E-state index in [2.05, 4.69) is 4.98 Å². The number of fused-ring (bicyclic) bond motifs is 1. The van der Waals surface area contributed by atoms with Gasteiger partial charge in [-0.25, -0.2) is 9.37 Å². The Morgan fingerprint density at radius 3 is 2.78 bits per heavy atom. The van der Waals surface area contributed by atoms with Gasteiger partial charge in [0.2, 0.25) is 0 Å². The molecule has 4 nitrogen and oxygen atoms in total. The van der Waals surface area contributed by atoms with Crippen LogP contribution in [0.15, 0.2) is 52.0 Å². The number of quaternary nitrogens is 1. The van der Waals surface area contributed by atoms with Crippen molar-refractivity contribution in [1.29, 1.82) is 0 Å². The van der Waals surface area contributed by atoms with Crippen molar-refractivity contribution in [2.45, 2.75) is 19.5 Å². The number of thiophene rings is 2. The lowest BCUT2D eigenvalue weighted by Crippen LogP contribution is -3.07. The Bertz CT molecular complexity index is 1130. The largest absolute Gasteiger partial charge is 0.325 e. The number of benzene rings is 1. The van der Waals surface area contributed by atoms with Gasteiger partial charge in [-0.1, -0.05) is 24.3 Å². The molecule has 0 aliphatic rings. The third-order valence-corrected chi connectivity index (χ3v) is 6.60. The average molecular weight is 401 g/mol. The summed E-state index contributed by atoms with van der Waals surface area (Å²) in [6.07, 6.45) is 0. The molecule has 4 rings (SSSR count). The second-order valence-electron chi connectivity index (χ2n) is 6.59. The topological polar surface area (TPSA) is 50.2 Å². The fraction of sp³-hybridized carbons (Fsp3) is 0.200. The van der Waals surface area contributed by atoms with Crippen LogP contribution in [0.1, 0.15) is 24.4 Å². The van der Waals surface area contributed by atoms with Gasteiger partial charge in [0, 0.05) is 21.4 Å². The van der Waals surface area contributed by atoms with E-state index in [1.54, 1.807) is 23.5 Å². The van der Waals surface area contributed by atoms with E-state index in [0.29, 0.717) is 23.3 Å². The maximum Gasteiger partial charge on any atom is 0.260 e. The van der Waals surface area contributed by atoms with Crippen LogP contribution in [0, 0.1) is 5.82 Å². The highest BCUT2D eigenvalue weighted by Crippen LogP contribution is 2.33. The fourth-order valence-electron chi connectivity index (χ4n) is 3.11. The summed E-state index contributed by atoms with van der Waals surface area (Å²) < 4.78 is 13.9. The van der Waals surface area contributed by atoms with Crippen molar-refractivity contribution >= 4 is 32.9 Å². The van der Waals surface area contributed by atoms with Crippen molar-refractivity contribution < 1.29 is 9.29 Å². The molecule has 0 fully saturated rings. The molecule has 1 aromatic carbocycles. The lowest BCUT2D eigenvalue weighted by atomic mass is 10.1. The molecule has 138 valence electrons. The first kappa shape index (κ1) is 18.0. The summed E-state index contributed by atoms with van der Waals surface area (Å²) in [6, 6.07) is 10.7. The molecular weight excluding hydrogens is 381 g/mol. The van der Waals surface area contributed by atoms with Gasteiger partial charge in [-0.2, -0.15) is 0 Å². The molecule has 4 aromatic rings. The summed E-state index contributed by atoms with van der Waals surface area (Å²) in [5, 5.41) is 4.63. The quantitative estimate of drug-likeness (QED) is 0.538. The van der Waals surface area contributed by atoms with Gasteiger partial charge < -0.3 is 9.88 Å². The van der Waals surface area contributed by atoms with E-state index in [1.807, 2.05) is 42.9 Å². The van der Waals surface area contributed by atoms with Crippen LogP contribution >= 0.6 is 22.7 Å². The number of hydrogen-bond donors (Lipinski definition) is 2. The maximum absolute atomic E-state index is 13.9. The molecule has 0 saturated carbocycles. The van der Waals surface area contributed by atoms with Crippen molar-refractivity contribution in [2.24, 2.45) is 0 Å². The molecule has 2 N–H and O–H groups in total. The highest BCUT2D eigenvalue weighted by Gasteiger charge is 2.22. The highest BCUT2D eigenvalue weighted by molar-refractivity contribution is 7.18. The summed E-state index contributed by atoms with van der Waals surface area (Å²) in [4.78, 5) is 23.3. The zero-order chi connectivity index (χ0) is 19.0. The minimum atomic E-state index is -0.209. The number of nitrogens with one attached hydrogen (secondary N) is 2. The number of aromatic amines is 1. The molecule has 2 atom stereocenters. The van der Waals surface area contributed by atoms with Crippen LogP contribution in [0.25, 0.3) is 20.7 Å². The molecule has 1 unspecified atom stereocenters. The van der Waals surface area contributed by atoms with Crippen LogP contribution in [-0.2, 0) is 6.54 Å². The smallest absolute Gasteiger partial charge is 0.260 e. The molecule has 3 aromatic heterocycles. The first-order valence-electron chi connectivity index (χ1n) is 8.65. The minimum Gasteiger partial charge on any atom is -0.325 e. The predicted molar refractivity (Wildman–Crippen MR) is 109 cm³/mol. The Morgan fingerprint density at radius 2 is 2.04 bits per heavy atom. The van der Waals surface area contributed by atoms with Gasteiger partial charge >= 0.3 is 0 Å². The van der Waals surface area contributed by atoms with Gasteiger partial charge in [0.15, 0.2) is 5.82 Å². The Morgan fingerprint density at radius 1 is 1.22 bits per heavy atom. The van der Waals surface area contributed by atoms with Crippen LogP contribution in [0.3, 0.4) is 0 Å². The Hall–Kier alpha value is -2.35. The van der Waals surface area contributed by atoms with Crippen molar-refractivity contribution in [1.82, 2.24) is 9.97 Å². The van der Waals surface area contributed by atoms with Gasteiger partial charge in [0.1, 0.15) is 23.2 Å². The zero-order valence-corrected chi connectivity index (χ0v) is 16.6. The van der Waals surface area contributed by atoms with Gasteiger partial charge in [-0.15, -0.1) is 22.7 Å². The summed E-state index contributed by atoms with van der Waals surface area (Å²) in [5.74, 6) is 0.417. The number of hydrogen-bond acceptors (Lipinski definition) is 4. The van der Waals surface area contributed by atoms with Crippen molar-refractivity contribution in [2.75, 3.05) is 7.05 Å². The molecular formula is C20H19FN3OS2+.